The number of piperidine rings is 1. The summed E-state index contributed by atoms with van der Waals surface area (Å²) in [6.45, 7) is 3.78. The molecule has 1 fully saturated rings. The van der Waals surface area contributed by atoms with Crippen LogP contribution in [0.3, 0.4) is 0 Å². The Kier molecular flexibility index (Phi) is 5.99. The fourth-order valence-corrected chi connectivity index (χ4v) is 4.39. The van der Waals surface area contributed by atoms with Gasteiger partial charge in [-0.3, -0.25) is 4.99 Å². The van der Waals surface area contributed by atoms with Crippen molar-refractivity contribution in [3.05, 3.63) is 47.2 Å². The van der Waals surface area contributed by atoms with Crippen molar-refractivity contribution in [2.45, 2.75) is 57.8 Å². The zero-order chi connectivity index (χ0) is 20.2. The highest BCUT2D eigenvalue weighted by molar-refractivity contribution is 5.95. The van der Waals surface area contributed by atoms with Crippen molar-refractivity contribution < 1.29 is 9.84 Å². The molecule has 3 aliphatic heterocycles. The monoisotopic (exact) mass is 398 g/mol. The number of aliphatic hydroxyl groups excluding tert-OH is 1. The predicted molar refractivity (Wildman–Crippen MR) is 112 cm³/mol. The molecule has 0 saturated carbocycles. The average Bonchev–Trinajstić information content (AvgIpc) is 3.16. The number of aliphatic hydroxyl groups is 1. The van der Waals surface area contributed by atoms with Crippen LogP contribution in [0, 0.1) is 11.1 Å². The Labute approximate surface area is 171 Å². The summed E-state index contributed by atoms with van der Waals surface area (Å²) in [7, 11) is 0. The van der Waals surface area contributed by atoms with Crippen molar-refractivity contribution in [2.75, 3.05) is 13.2 Å². The second-order valence-corrected chi connectivity index (χ2v) is 7.90. The number of hydrazone groups is 1. The molecule has 4 rings (SSSR count). The first-order chi connectivity index (χ1) is 14.2. The first-order valence-corrected chi connectivity index (χ1v) is 10.6. The molecule has 8 nitrogen and oxygen atoms in total. The molecule has 1 saturated heterocycles. The van der Waals surface area contributed by atoms with Gasteiger partial charge in [0.1, 0.15) is 17.8 Å². The van der Waals surface area contributed by atoms with Crippen molar-refractivity contribution in [2.24, 2.45) is 16.0 Å². The molecule has 0 aliphatic carbocycles. The first kappa shape index (κ1) is 19.7. The van der Waals surface area contributed by atoms with Crippen LogP contribution in [0.25, 0.3) is 0 Å². The maximum Gasteiger partial charge on any atom is 0.185 e. The van der Waals surface area contributed by atoms with Gasteiger partial charge >= 0.3 is 0 Å². The molecule has 156 valence electrons. The second-order valence-electron chi connectivity index (χ2n) is 7.90. The number of fused-ring (bicyclic) bond motifs is 1. The van der Waals surface area contributed by atoms with Crippen LogP contribution >= 0.6 is 0 Å². The van der Waals surface area contributed by atoms with Crippen molar-refractivity contribution >= 4 is 12.1 Å². The van der Waals surface area contributed by atoms with Gasteiger partial charge in [-0.1, -0.05) is 6.92 Å². The third-order valence-electron chi connectivity index (χ3n) is 5.98. The third kappa shape index (κ3) is 4.22. The molecule has 1 aromatic rings. The lowest BCUT2D eigenvalue weighted by Crippen LogP contribution is -2.55. The Balaban J connectivity index is 1.62. The average molecular weight is 399 g/mol. The third-order valence-corrected chi connectivity index (χ3v) is 5.98. The molecule has 0 bridgehead atoms. The van der Waals surface area contributed by atoms with E-state index in [2.05, 4.69) is 28.3 Å². The lowest BCUT2D eigenvalue weighted by molar-refractivity contribution is -0.605. The fraction of sp³-hybridized carbons (Fsp3) is 0.571. The van der Waals surface area contributed by atoms with Crippen molar-refractivity contribution in [1.29, 1.82) is 0 Å². The molecule has 2 N–H and O–H groups in total. The number of rotatable bonds is 6. The molecule has 2 unspecified atom stereocenters. The van der Waals surface area contributed by atoms with E-state index in [0.717, 1.165) is 54.2 Å². The van der Waals surface area contributed by atoms with E-state index in [0.29, 0.717) is 18.5 Å². The van der Waals surface area contributed by atoms with E-state index in [1.54, 1.807) is 12.3 Å². The van der Waals surface area contributed by atoms with Gasteiger partial charge in [-0.05, 0) is 38.2 Å². The predicted octanol–water partition coefficient (Wildman–Crippen LogP) is 1.55. The molecular weight excluding hydrogens is 368 g/mol. The van der Waals surface area contributed by atoms with Gasteiger partial charge in [0.05, 0.1) is 6.54 Å². The molecule has 29 heavy (non-hydrogen) atoms. The highest BCUT2D eigenvalue weighted by Gasteiger charge is 2.38. The standard InChI is InChI=1S/C21H30N6O2/c1-2-17-14-23-27-19(22-13-16-6-5-9-25(29)15-16)12-20(24-21(17)27)26-10-4-3-7-18(26)8-11-28/h5-6,9,12,14-15,17-18,21,24,28H,2-4,7-8,10-11,13H2,1H3/t17?,18-,21?/m0/s1. The van der Waals surface area contributed by atoms with Crippen LogP contribution in [0.15, 0.2) is 46.5 Å². The largest absolute Gasteiger partial charge is 0.619 e. The van der Waals surface area contributed by atoms with E-state index >= 15 is 0 Å². The highest BCUT2D eigenvalue weighted by Crippen LogP contribution is 2.29. The van der Waals surface area contributed by atoms with Gasteiger partial charge in [-0.25, -0.2) is 5.01 Å². The zero-order valence-corrected chi connectivity index (χ0v) is 16.9. The number of nitrogens with one attached hydrogen (secondary N) is 1. The van der Waals surface area contributed by atoms with Crippen LogP contribution in [0.5, 0.6) is 0 Å². The van der Waals surface area contributed by atoms with E-state index in [-0.39, 0.29) is 12.8 Å². The lowest BCUT2D eigenvalue weighted by atomic mass is 9.98. The normalized spacial score (nSPS) is 27.7. The molecule has 3 aliphatic rings. The van der Waals surface area contributed by atoms with Crippen LogP contribution in [-0.2, 0) is 6.54 Å². The molecular formula is C21H30N6O2. The quantitative estimate of drug-likeness (QED) is 0.561. The number of aromatic nitrogens is 1. The van der Waals surface area contributed by atoms with Gasteiger partial charge in [0.15, 0.2) is 12.4 Å². The van der Waals surface area contributed by atoms with E-state index in [1.807, 2.05) is 17.3 Å². The van der Waals surface area contributed by atoms with E-state index in [4.69, 9.17) is 4.99 Å². The number of aliphatic imine (C=N–C) groups is 1. The van der Waals surface area contributed by atoms with Crippen LogP contribution in [0.2, 0.25) is 0 Å². The summed E-state index contributed by atoms with van der Waals surface area (Å²) in [5, 5.41) is 31.3. The Morgan fingerprint density at radius 1 is 1.41 bits per heavy atom. The van der Waals surface area contributed by atoms with Gasteiger partial charge < -0.3 is 20.5 Å². The minimum Gasteiger partial charge on any atom is -0.619 e. The van der Waals surface area contributed by atoms with Crippen LogP contribution in [0.1, 0.15) is 44.6 Å². The molecule has 0 aromatic carbocycles. The van der Waals surface area contributed by atoms with Crippen molar-refractivity contribution in [3.8, 4) is 0 Å². The van der Waals surface area contributed by atoms with Gasteiger partial charge in [0.2, 0.25) is 0 Å². The van der Waals surface area contributed by atoms with Crippen LogP contribution in [-0.4, -0.2) is 52.4 Å². The number of hydrogen-bond acceptors (Lipinski definition) is 6. The Morgan fingerprint density at radius 2 is 2.31 bits per heavy atom. The summed E-state index contributed by atoms with van der Waals surface area (Å²) in [5.74, 6) is 2.19. The van der Waals surface area contributed by atoms with Crippen molar-refractivity contribution in [3.63, 3.8) is 0 Å². The summed E-state index contributed by atoms with van der Waals surface area (Å²) < 4.78 is 0.802. The fourth-order valence-electron chi connectivity index (χ4n) is 4.39. The highest BCUT2D eigenvalue weighted by atomic mass is 16.5. The SMILES string of the molecule is CCC1C=NN2C(=NCc3ccc[n+]([O-])c3)C=C(N3CCCC[C@H]3CCO)NC12. The van der Waals surface area contributed by atoms with E-state index in [1.165, 1.54) is 12.6 Å². The number of nitrogens with zero attached hydrogens (tertiary/aromatic N) is 5. The Morgan fingerprint density at radius 3 is 3.10 bits per heavy atom. The first-order valence-electron chi connectivity index (χ1n) is 10.6. The summed E-state index contributed by atoms with van der Waals surface area (Å²) >= 11 is 0. The van der Waals surface area contributed by atoms with Gasteiger partial charge in [-0.2, -0.15) is 9.83 Å². The Hall–Kier alpha value is -2.61. The maximum absolute atomic E-state index is 11.5. The number of likely N-dealkylation sites (tertiary alicyclic amines) is 1. The van der Waals surface area contributed by atoms with E-state index in [9.17, 15) is 10.3 Å². The molecule has 0 radical (unpaired) electrons. The molecule has 0 amide bonds. The summed E-state index contributed by atoms with van der Waals surface area (Å²) in [4.78, 5) is 7.20. The van der Waals surface area contributed by atoms with Gasteiger partial charge in [0, 0.05) is 49.0 Å². The van der Waals surface area contributed by atoms with Crippen LogP contribution < -0.4 is 10.0 Å². The molecule has 0 spiro atoms. The topological polar surface area (TPSA) is 90.4 Å². The van der Waals surface area contributed by atoms with Crippen molar-refractivity contribution in [1.82, 2.24) is 15.2 Å². The Bertz CT molecular complexity index is 806. The molecule has 3 atom stereocenters. The summed E-state index contributed by atoms with van der Waals surface area (Å²) in [6.07, 6.45) is 12.4. The maximum atomic E-state index is 11.5. The van der Waals surface area contributed by atoms with Crippen LogP contribution in [0.4, 0.5) is 0 Å². The zero-order valence-electron chi connectivity index (χ0n) is 16.9. The minimum absolute atomic E-state index is 0.0515. The molecule has 4 heterocycles. The van der Waals surface area contributed by atoms with Gasteiger partial charge in [-0.15, -0.1) is 0 Å². The number of amidine groups is 1. The molecule has 1 aromatic heterocycles. The molecule has 8 heteroatoms. The minimum atomic E-state index is 0.0515. The van der Waals surface area contributed by atoms with Gasteiger partial charge in [0.25, 0.3) is 0 Å². The smallest absolute Gasteiger partial charge is 0.185 e. The lowest BCUT2D eigenvalue weighted by Gasteiger charge is -2.43. The second kappa shape index (κ2) is 8.82. The summed E-state index contributed by atoms with van der Waals surface area (Å²) in [5.41, 5.74) is 0.867. The summed E-state index contributed by atoms with van der Waals surface area (Å²) in [6, 6.07) is 3.99. The number of pyridine rings is 1. The van der Waals surface area contributed by atoms with E-state index < -0.39 is 0 Å². The number of hydrogen-bond donors (Lipinski definition) is 2.